The SMILES string of the molecule is CCc1nc(-c2ccc3c(c2)CC[C@H]3NC(=O)c2cn(C)nc2C2CCCO2)no1. The average molecular weight is 407 g/mol. The quantitative estimate of drug-likeness (QED) is 0.697. The molecule has 30 heavy (non-hydrogen) atoms. The Kier molecular flexibility index (Phi) is 4.86. The van der Waals surface area contributed by atoms with Crippen LogP contribution in [0.4, 0.5) is 0 Å². The number of aromatic nitrogens is 4. The Bertz CT molecular complexity index is 1080. The highest BCUT2D eigenvalue weighted by molar-refractivity contribution is 5.95. The molecule has 3 aromatic rings. The van der Waals surface area contributed by atoms with Crippen molar-refractivity contribution in [1.29, 1.82) is 0 Å². The normalized spacial score (nSPS) is 20.5. The Morgan fingerprint density at radius 1 is 1.33 bits per heavy atom. The van der Waals surface area contributed by atoms with E-state index in [0.717, 1.165) is 49.1 Å². The summed E-state index contributed by atoms with van der Waals surface area (Å²) in [6.45, 7) is 2.71. The molecule has 2 aromatic heterocycles. The van der Waals surface area contributed by atoms with E-state index < -0.39 is 0 Å². The summed E-state index contributed by atoms with van der Waals surface area (Å²) in [4.78, 5) is 17.5. The van der Waals surface area contributed by atoms with Crippen LogP contribution in [0.5, 0.6) is 0 Å². The summed E-state index contributed by atoms with van der Waals surface area (Å²) in [7, 11) is 1.84. The van der Waals surface area contributed by atoms with Crippen molar-refractivity contribution >= 4 is 5.91 Å². The molecule has 1 aliphatic carbocycles. The Labute approximate surface area is 174 Å². The smallest absolute Gasteiger partial charge is 0.255 e. The van der Waals surface area contributed by atoms with Crippen molar-refractivity contribution in [3.63, 3.8) is 0 Å². The van der Waals surface area contributed by atoms with Gasteiger partial charge in [0.15, 0.2) is 0 Å². The molecule has 1 saturated heterocycles. The van der Waals surface area contributed by atoms with Crippen LogP contribution in [0.25, 0.3) is 11.4 Å². The molecule has 1 N–H and O–H groups in total. The molecule has 0 bridgehead atoms. The van der Waals surface area contributed by atoms with Crippen LogP contribution in [0.3, 0.4) is 0 Å². The van der Waals surface area contributed by atoms with Crippen LogP contribution in [-0.4, -0.2) is 32.4 Å². The van der Waals surface area contributed by atoms with Gasteiger partial charge in [-0.05, 0) is 42.9 Å². The molecule has 156 valence electrons. The van der Waals surface area contributed by atoms with Gasteiger partial charge in [-0.25, -0.2) is 0 Å². The molecule has 8 heteroatoms. The molecule has 1 amide bonds. The van der Waals surface area contributed by atoms with Gasteiger partial charge in [0.05, 0.1) is 11.6 Å². The number of nitrogens with zero attached hydrogens (tertiary/aromatic N) is 4. The summed E-state index contributed by atoms with van der Waals surface area (Å²) in [5.41, 5.74) is 4.65. The van der Waals surface area contributed by atoms with E-state index in [9.17, 15) is 4.79 Å². The van der Waals surface area contributed by atoms with Gasteiger partial charge in [-0.2, -0.15) is 10.1 Å². The molecule has 8 nitrogen and oxygen atoms in total. The Balaban J connectivity index is 1.35. The number of hydrogen-bond acceptors (Lipinski definition) is 6. The number of fused-ring (bicyclic) bond motifs is 1. The largest absolute Gasteiger partial charge is 0.372 e. The van der Waals surface area contributed by atoms with Crippen LogP contribution in [-0.2, 0) is 24.6 Å². The number of ether oxygens (including phenoxy) is 1. The summed E-state index contributed by atoms with van der Waals surface area (Å²) >= 11 is 0. The van der Waals surface area contributed by atoms with Gasteiger partial charge < -0.3 is 14.6 Å². The minimum absolute atomic E-state index is 0.0180. The van der Waals surface area contributed by atoms with Crippen LogP contribution >= 0.6 is 0 Å². The van der Waals surface area contributed by atoms with Gasteiger partial charge in [0, 0.05) is 31.8 Å². The van der Waals surface area contributed by atoms with E-state index in [4.69, 9.17) is 9.26 Å². The summed E-state index contributed by atoms with van der Waals surface area (Å²) in [6.07, 6.45) is 6.09. The first-order valence-corrected chi connectivity index (χ1v) is 10.5. The van der Waals surface area contributed by atoms with E-state index >= 15 is 0 Å². The molecule has 2 atom stereocenters. The summed E-state index contributed by atoms with van der Waals surface area (Å²) in [5, 5.41) is 11.8. The summed E-state index contributed by atoms with van der Waals surface area (Å²) in [5.74, 6) is 1.15. The van der Waals surface area contributed by atoms with Gasteiger partial charge in [0.25, 0.3) is 5.91 Å². The van der Waals surface area contributed by atoms with E-state index in [0.29, 0.717) is 23.7 Å². The Hall–Kier alpha value is -3.00. The number of rotatable bonds is 5. The highest BCUT2D eigenvalue weighted by Gasteiger charge is 2.30. The standard InChI is InChI=1S/C22H25N5O3/c1-3-19-24-21(26-30-19)14-6-8-15-13(11-14)7-9-17(15)23-22(28)16-12-27(2)25-20(16)18-5-4-10-29-18/h6,8,11-12,17-18H,3-5,7,9-10H2,1-2H3,(H,23,28)/t17-,18?/m1/s1. The Morgan fingerprint density at radius 2 is 2.23 bits per heavy atom. The monoisotopic (exact) mass is 407 g/mol. The minimum Gasteiger partial charge on any atom is -0.372 e. The van der Waals surface area contributed by atoms with Crippen molar-refractivity contribution in [2.45, 2.75) is 51.2 Å². The predicted molar refractivity (Wildman–Crippen MR) is 109 cm³/mol. The molecule has 2 aliphatic rings. The lowest BCUT2D eigenvalue weighted by Crippen LogP contribution is -2.28. The van der Waals surface area contributed by atoms with Crippen molar-refractivity contribution in [2.24, 2.45) is 7.05 Å². The van der Waals surface area contributed by atoms with Crippen molar-refractivity contribution in [1.82, 2.24) is 25.2 Å². The van der Waals surface area contributed by atoms with Crippen LogP contribution in [0.2, 0.25) is 0 Å². The molecule has 0 radical (unpaired) electrons. The first-order chi connectivity index (χ1) is 14.6. The van der Waals surface area contributed by atoms with Gasteiger partial charge in [0.2, 0.25) is 11.7 Å². The maximum Gasteiger partial charge on any atom is 0.255 e. The third-order valence-corrected chi connectivity index (χ3v) is 5.89. The van der Waals surface area contributed by atoms with Gasteiger partial charge in [-0.3, -0.25) is 9.48 Å². The maximum atomic E-state index is 13.1. The maximum absolute atomic E-state index is 13.1. The first-order valence-electron chi connectivity index (χ1n) is 10.5. The van der Waals surface area contributed by atoms with Crippen LogP contribution < -0.4 is 5.32 Å². The van der Waals surface area contributed by atoms with E-state index in [1.807, 2.05) is 20.0 Å². The fourth-order valence-corrected chi connectivity index (χ4v) is 4.37. The third kappa shape index (κ3) is 3.41. The summed E-state index contributed by atoms with van der Waals surface area (Å²) in [6, 6.07) is 6.15. The molecule has 0 saturated carbocycles. The molecule has 0 spiro atoms. The van der Waals surface area contributed by atoms with E-state index in [1.54, 1.807) is 10.9 Å². The second-order valence-corrected chi connectivity index (χ2v) is 7.95. The second-order valence-electron chi connectivity index (χ2n) is 7.95. The Morgan fingerprint density at radius 3 is 3.00 bits per heavy atom. The van der Waals surface area contributed by atoms with Crippen molar-refractivity contribution in [3.05, 3.63) is 52.7 Å². The zero-order valence-electron chi connectivity index (χ0n) is 17.2. The van der Waals surface area contributed by atoms with Gasteiger partial charge in [0.1, 0.15) is 11.8 Å². The highest BCUT2D eigenvalue weighted by atomic mass is 16.5. The molecular weight excluding hydrogens is 382 g/mol. The number of aryl methyl sites for hydroxylation is 3. The van der Waals surface area contributed by atoms with Crippen molar-refractivity contribution in [2.75, 3.05) is 6.61 Å². The molecule has 1 unspecified atom stereocenters. The lowest BCUT2D eigenvalue weighted by atomic mass is 10.0. The fourth-order valence-electron chi connectivity index (χ4n) is 4.37. The molecule has 5 rings (SSSR count). The zero-order chi connectivity index (χ0) is 20.7. The number of amides is 1. The number of carbonyl (C=O) groups is 1. The average Bonchev–Trinajstić information content (AvgIpc) is 3.53. The number of hydrogen-bond donors (Lipinski definition) is 1. The lowest BCUT2D eigenvalue weighted by molar-refractivity contribution is 0.0908. The van der Waals surface area contributed by atoms with Gasteiger partial charge >= 0.3 is 0 Å². The number of nitrogens with one attached hydrogen (secondary N) is 1. The molecule has 1 fully saturated rings. The number of carbonyl (C=O) groups excluding carboxylic acids is 1. The van der Waals surface area contributed by atoms with Crippen LogP contribution in [0, 0.1) is 0 Å². The fraction of sp³-hybridized carbons (Fsp3) is 0.455. The predicted octanol–water partition coefficient (Wildman–Crippen LogP) is 3.30. The van der Waals surface area contributed by atoms with Crippen LogP contribution in [0.1, 0.15) is 71.4 Å². The van der Waals surface area contributed by atoms with Crippen molar-refractivity contribution < 1.29 is 14.1 Å². The first kappa shape index (κ1) is 19.0. The number of benzene rings is 1. The lowest BCUT2D eigenvalue weighted by Gasteiger charge is -2.15. The molecule has 1 aromatic carbocycles. The second kappa shape index (κ2) is 7.68. The zero-order valence-corrected chi connectivity index (χ0v) is 17.2. The molecule has 1 aliphatic heterocycles. The highest BCUT2D eigenvalue weighted by Crippen LogP contribution is 2.35. The van der Waals surface area contributed by atoms with E-state index in [1.165, 1.54) is 5.56 Å². The van der Waals surface area contributed by atoms with Crippen LogP contribution in [0.15, 0.2) is 28.9 Å². The third-order valence-electron chi connectivity index (χ3n) is 5.89. The molecule has 3 heterocycles. The minimum atomic E-state index is -0.0960. The van der Waals surface area contributed by atoms with E-state index in [2.05, 4.69) is 32.7 Å². The van der Waals surface area contributed by atoms with E-state index in [-0.39, 0.29) is 18.1 Å². The topological polar surface area (TPSA) is 95.1 Å². The van der Waals surface area contributed by atoms with Crippen molar-refractivity contribution in [3.8, 4) is 11.4 Å². The van der Waals surface area contributed by atoms with Gasteiger partial charge in [-0.15, -0.1) is 0 Å². The van der Waals surface area contributed by atoms with Gasteiger partial charge in [-0.1, -0.05) is 24.2 Å². The molecular formula is C22H25N5O3. The summed E-state index contributed by atoms with van der Waals surface area (Å²) < 4.78 is 12.7.